The first-order valence-corrected chi connectivity index (χ1v) is 10.7. The SMILES string of the molecule is CCNC(=NCCCOc1cc(OC)cc(OC)c1)NCCc1nc(C)c(C)s1.I. The van der Waals surface area contributed by atoms with Crippen molar-refractivity contribution in [2.45, 2.75) is 33.6 Å². The van der Waals surface area contributed by atoms with Gasteiger partial charge in [-0.3, -0.25) is 4.99 Å². The summed E-state index contributed by atoms with van der Waals surface area (Å²) in [5, 5.41) is 7.80. The van der Waals surface area contributed by atoms with Gasteiger partial charge in [0.2, 0.25) is 0 Å². The number of ether oxygens (including phenoxy) is 3. The van der Waals surface area contributed by atoms with Crippen LogP contribution in [0.4, 0.5) is 0 Å². The molecule has 0 atom stereocenters. The number of aryl methyl sites for hydroxylation is 2. The van der Waals surface area contributed by atoms with Crippen LogP contribution in [0.15, 0.2) is 23.2 Å². The summed E-state index contributed by atoms with van der Waals surface area (Å²) in [6, 6.07) is 5.51. The van der Waals surface area contributed by atoms with Gasteiger partial charge < -0.3 is 24.8 Å². The summed E-state index contributed by atoms with van der Waals surface area (Å²) < 4.78 is 16.3. The van der Waals surface area contributed by atoms with Gasteiger partial charge in [0, 0.05) is 55.6 Å². The van der Waals surface area contributed by atoms with Crippen LogP contribution in [0.1, 0.15) is 28.9 Å². The number of guanidine groups is 1. The van der Waals surface area contributed by atoms with Crippen molar-refractivity contribution in [2.24, 2.45) is 4.99 Å². The molecule has 0 amide bonds. The van der Waals surface area contributed by atoms with Crippen LogP contribution in [-0.4, -0.2) is 51.4 Å². The van der Waals surface area contributed by atoms with Gasteiger partial charge in [0.15, 0.2) is 5.96 Å². The third-order valence-electron chi connectivity index (χ3n) is 4.21. The number of hydrogen-bond donors (Lipinski definition) is 2. The number of halogens is 1. The first-order valence-electron chi connectivity index (χ1n) is 9.86. The number of aromatic nitrogens is 1. The largest absolute Gasteiger partial charge is 0.496 e. The van der Waals surface area contributed by atoms with Crippen LogP contribution in [0.5, 0.6) is 17.2 Å². The van der Waals surface area contributed by atoms with Crippen LogP contribution in [-0.2, 0) is 6.42 Å². The monoisotopic (exact) mass is 548 g/mol. The van der Waals surface area contributed by atoms with E-state index < -0.39 is 0 Å². The van der Waals surface area contributed by atoms with Gasteiger partial charge in [-0.1, -0.05) is 0 Å². The van der Waals surface area contributed by atoms with Crippen LogP contribution in [0.25, 0.3) is 0 Å². The lowest BCUT2D eigenvalue weighted by Crippen LogP contribution is -2.38. The predicted molar refractivity (Wildman–Crippen MR) is 134 cm³/mol. The number of aliphatic imine (C=N–C) groups is 1. The van der Waals surface area contributed by atoms with E-state index in [1.54, 1.807) is 25.6 Å². The summed E-state index contributed by atoms with van der Waals surface area (Å²) in [7, 11) is 3.25. The highest BCUT2D eigenvalue weighted by Gasteiger charge is 2.05. The Balaban J connectivity index is 0.00000450. The summed E-state index contributed by atoms with van der Waals surface area (Å²) in [5.74, 6) is 2.97. The normalized spacial score (nSPS) is 10.9. The van der Waals surface area contributed by atoms with Crippen molar-refractivity contribution in [2.75, 3.05) is 40.5 Å². The molecule has 2 N–H and O–H groups in total. The summed E-state index contributed by atoms with van der Waals surface area (Å²) in [6.07, 6.45) is 1.70. The second-order valence-corrected chi connectivity index (χ2v) is 7.72. The summed E-state index contributed by atoms with van der Waals surface area (Å²) >= 11 is 1.76. The predicted octanol–water partition coefficient (Wildman–Crippen LogP) is 3.96. The third kappa shape index (κ3) is 8.95. The summed E-state index contributed by atoms with van der Waals surface area (Å²) in [5.41, 5.74) is 1.12. The van der Waals surface area contributed by atoms with E-state index in [0.29, 0.717) is 24.7 Å². The average Bonchev–Trinajstić information content (AvgIpc) is 3.04. The van der Waals surface area contributed by atoms with Crippen molar-refractivity contribution in [3.8, 4) is 17.2 Å². The highest BCUT2D eigenvalue weighted by molar-refractivity contribution is 14.0. The van der Waals surface area contributed by atoms with E-state index in [-0.39, 0.29) is 24.0 Å². The summed E-state index contributed by atoms with van der Waals surface area (Å²) in [6.45, 7) is 9.09. The molecule has 168 valence electrons. The van der Waals surface area contributed by atoms with Gasteiger partial charge in [-0.05, 0) is 20.8 Å². The molecule has 0 radical (unpaired) electrons. The maximum absolute atomic E-state index is 5.81. The Bertz CT molecular complexity index is 757. The molecule has 0 saturated heterocycles. The molecule has 2 aromatic rings. The van der Waals surface area contributed by atoms with Crippen molar-refractivity contribution in [3.05, 3.63) is 33.8 Å². The van der Waals surface area contributed by atoms with Crippen molar-refractivity contribution in [3.63, 3.8) is 0 Å². The molecule has 9 heteroatoms. The van der Waals surface area contributed by atoms with Crippen LogP contribution in [0.3, 0.4) is 0 Å². The third-order valence-corrected chi connectivity index (χ3v) is 5.35. The second-order valence-electron chi connectivity index (χ2n) is 6.44. The highest BCUT2D eigenvalue weighted by atomic mass is 127. The molecule has 0 aliphatic rings. The highest BCUT2D eigenvalue weighted by Crippen LogP contribution is 2.27. The van der Waals surface area contributed by atoms with Crippen LogP contribution in [0, 0.1) is 13.8 Å². The maximum atomic E-state index is 5.81. The van der Waals surface area contributed by atoms with Crippen LogP contribution in [0.2, 0.25) is 0 Å². The Morgan fingerprint density at radius 3 is 2.30 bits per heavy atom. The first kappa shape index (κ1) is 26.3. The molecule has 0 unspecified atom stereocenters. The standard InChI is InChI=1S/C21H32N4O3S.HI/c1-6-22-21(24-10-8-20-25-15(2)16(3)29-20)23-9-7-11-28-19-13-17(26-4)12-18(14-19)27-5;/h12-14H,6-11H2,1-5H3,(H2,22,23,24);1H. The van der Waals surface area contributed by atoms with Gasteiger partial charge in [-0.2, -0.15) is 0 Å². The lowest BCUT2D eigenvalue weighted by molar-refractivity contribution is 0.307. The quantitative estimate of drug-likeness (QED) is 0.192. The molecule has 1 aromatic carbocycles. The van der Waals surface area contributed by atoms with Gasteiger partial charge in [0.05, 0.1) is 31.5 Å². The lowest BCUT2D eigenvalue weighted by Gasteiger charge is -2.11. The molecule has 2 rings (SSSR count). The van der Waals surface area contributed by atoms with Gasteiger partial charge in [0.25, 0.3) is 0 Å². The average molecular weight is 548 g/mol. The van der Waals surface area contributed by atoms with E-state index in [9.17, 15) is 0 Å². The van der Waals surface area contributed by atoms with Gasteiger partial charge in [-0.25, -0.2) is 4.98 Å². The molecule has 1 heterocycles. The van der Waals surface area contributed by atoms with Crippen LogP contribution < -0.4 is 24.8 Å². The summed E-state index contributed by atoms with van der Waals surface area (Å²) in [4.78, 5) is 10.5. The Hall–Kier alpha value is -1.75. The Morgan fingerprint density at radius 2 is 1.73 bits per heavy atom. The number of benzene rings is 1. The number of nitrogens with one attached hydrogen (secondary N) is 2. The van der Waals surface area contributed by atoms with E-state index in [4.69, 9.17) is 14.2 Å². The fourth-order valence-electron chi connectivity index (χ4n) is 2.59. The molecule has 30 heavy (non-hydrogen) atoms. The number of hydrogen-bond acceptors (Lipinski definition) is 6. The zero-order valence-electron chi connectivity index (χ0n) is 18.4. The molecule has 0 saturated carbocycles. The Labute approximate surface area is 200 Å². The van der Waals surface area contributed by atoms with E-state index in [1.807, 2.05) is 18.2 Å². The Morgan fingerprint density at radius 1 is 1.07 bits per heavy atom. The molecule has 1 aromatic heterocycles. The maximum Gasteiger partial charge on any atom is 0.191 e. The molecule has 0 bridgehead atoms. The van der Waals surface area contributed by atoms with E-state index in [2.05, 4.69) is 41.4 Å². The van der Waals surface area contributed by atoms with Crippen molar-refractivity contribution >= 4 is 41.3 Å². The molecular formula is C21H33IN4O3S. The first-order chi connectivity index (χ1) is 14.0. The second kappa shape index (κ2) is 14.3. The van der Waals surface area contributed by atoms with Gasteiger partial charge in [-0.15, -0.1) is 35.3 Å². The number of nitrogens with zero attached hydrogens (tertiary/aromatic N) is 2. The van der Waals surface area contributed by atoms with E-state index >= 15 is 0 Å². The van der Waals surface area contributed by atoms with E-state index in [0.717, 1.165) is 48.3 Å². The van der Waals surface area contributed by atoms with Gasteiger partial charge in [0.1, 0.15) is 17.2 Å². The lowest BCUT2D eigenvalue weighted by atomic mass is 10.3. The van der Waals surface area contributed by atoms with Crippen molar-refractivity contribution < 1.29 is 14.2 Å². The minimum absolute atomic E-state index is 0. The fourth-order valence-corrected chi connectivity index (χ4v) is 3.52. The zero-order valence-corrected chi connectivity index (χ0v) is 21.6. The number of rotatable bonds is 11. The van der Waals surface area contributed by atoms with Gasteiger partial charge >= 0.3 is 0 Å². The van der Waals surface area contributed by atoms with E-state index in [1.165, 1.54) is 4.88 Å². The molecule has 0 spiro atoms. The topological polar surface area (TPSA) is 77.0 Å². The number of methoxy groups -OCH3 is 2. The Kier molecular flexibility index (Phi) is 12.5. The molecule has 7 nitrogen and oxygen atoms in total. The minimum Gasteiger partial charge on any atom is -0.496 e. The minimum atomic E-state index is 0. The van der Waals surface area contributed by atoms with Crippen molar-refractivity contribution in [1.29, 1.82) is 0 Å². The molecule has 0 aliphatic carbocycles. The molecule has 0 fully saturated rings. The van der Waals surface area contributed by atoms with Crippen molar-refractivity contribution in [1.82, 2.24) is 15.6 Å². The number of thiazole rings is 1. The molecule has 0 aliphatic heterocycles. The fraction of sp³-hybridized carbons (Fsp3) is 0.524. The van der Waals surface area contributed by atoms with Crippen LogP contribution >= 0.6 is 35.3 Å². The molecular weight excluding hydrogens is 515 g/mol. The smallest absolute Gasteiger partial charge is 0.191 e. The zero-order chi connectivity index (χ0) is 21.1.